The second-order valence-corrected chi connectivity index (χ2v) is 4.89. The lowest BCUT2D eigenvalue weighted by Crippen LogP contribution is -2.53. The summed E-state index contributed by atoms with van der Waals surface area (Å²) in [5, 5.41) is 20.1. The fourth-order valence-corrected chi connectivity index (χ4v) is 2.28. The van der Waals surface area contributed by atoms with Crippen LogP contribution >= 0.6 is 0 Å². The molecular weight excluding hydrogens is 250 g/mol. The molecule has 1 rings (SSSR count). The summed E-state index contributed by atoms with van der Waals surface area (Å²) in [7, 11) is 2.01. The first-order valence-corrected chi connectivity index (χ1v) is 6.58. The van der Waals surface area contributed by atoms with E-state index >= 15 is 0 Å². The lowest BCUT2D eigenvalue weighted by atomic mass is 10.2. The maximum Gasteiger partial charge on any atom is 0.328 e. The Balaban J connectivity index is 2.69. The number of carboxylic acid groups (broad SMARTS) is 1. The molecule has 7 nitrogen and oxygen atoms in total. The summed E-state index contributed by atoms with van der Waals surface area (Å²) in [5.74, 6) is -1.23. The van der Waals surface area contributed by atoms with Crippen molar-refractivity contribution in [1.82, 2.24) is 15.1 Å². The number of aliphatic hydroxyl groups excluding tert-OH is 1. The Labute approximate surface area is 113 Å². The quantitative estimate of drug-likeness (QED) is 0.645. The van der Waals surface area contributed by atoms with Gasteiger partial charge in [0.05, 0.1) is 6.61 Å². The molecule has 1 aliphatic rings. The number of carbonyl (C=O) groups excluding carboxylic acids is 1. The van der Waals surface area contributed by atoms with Gasteiger partial charge in [-0.05, 0) is 26.4 Å². The molecule has 1 fully saturated rings. The zero-order chi connectivity index (χ0) is 14.4. The highest BCUT2D eigenvalue weighted by Gasteiger charge is 2.28. The van der Waals surface area contributed by atoms with Crippen molar-refractivity contribution in [2.75, 3.05) is 33.3 Å². The van der Waals surface area contributed by atoms with Gasteiger partial charge in [-0.3, -0.25) is 0 Å². The topological polar surface area (TPSA) is 93.1 Å². The Morgan fingerprint density at radius 2 is 2.11 bits per heavy atom. The summed E-state index contributed by atoms with van der Waals surface area (Å²) in [6.45, 7) is 3.70. The van der Waals surface area contributed by atoms with Crippen molar-refractivity contribution in [3.8, 4) is 0 Å². The fourth-order valence-electron chi connectivity index (χ4n) is 2.28. The number of likely N-dealkylation sites (N-methyl/N-ethyl adjacent to an activating group) is 1. The van der Waals surface area contributed by atoms with Crippen LogP contribution in [-0.4, -0.2) is 77.4 Å². The summed E-state index contributed by atoms with van der Waals surface area (Å²) in [6.07, 6.45) is 1.67. The molecule has 2 amide bonds. The molecule has 0 aromatic carbocycles. The summed E-state index contributed by atoms with van der Waals surface area (Å²) < 4.78 is 0. The number of urea groups is 1. The highest BCUT2D eigenvalue weighted by molar-refractivity contribution is 5.82. The first-order valence-electron chi connectivity index (χ1n) is 6.58. The van der Waals surface area contributed by atoms with Gasteiger partial charge in [0, 0.05) is 19.1 Å². The third kappa shape index (κ3) is 4.36. The molecule has 19 heavy (non-hydrogen) atoms. The summed E-state index contributed by atoms with van der Waals surface area (Å²) in [6, 6.07) is -1.59. The number of carboxylic acids is 1. The monoisotopic (exact) mass is 273 g/mol. The molecule has 0 spiro atoms. The minimum Gasteiger partial charge on any atom is -0.480 e. The Morgan fingerprint density at radius 3 is 2.63 bits per heavy atom. The number of nitrogens with one attached hydrogen (secondary N) is 1. The van der Waals surface area contributed by atoms with E-state index in [4.69, 9.17) is 10.2 Å². The van der Waals surface area contributed by atoms with Crippen molar-refractivity contribution in [3.05, 3.63) is 0 Å². The minimum atomic E-state index is -1.24. The van der Waals surface area contributed by atoms with Crippen molar-refractivity contribution < 1.29 is 19.8 Å². The molecule has 2 unspecified atom stereocenters. The number of hydrogen-bond donors (Lipinski definition) is 3. The molecular formula is C12H23N3O4. The van der Waals surface area contributed by atoms with Crippen molar-refractivity contribution >= 4 is 12.0 Å². The normalized spacial score (nSPS) is 22.7. The molecule has 2 atom stereocenters. The van der Waals surface area contributed by atoms with Crippen molar-refractivity contribution in [3.63, 3.8) is 0 Å². The van der Waals surface area contributed by atoms with Gasteiger partial charge in [0.2, 0.25) is 0 Å². The second kappa shape index (κ2) is 7.30. The van der Waals surface area contributed by atoms with Gasteiger partial charge in [0.1, 0.15) is 0 Å². The number of hydrogen-bond acceptors (Lipinski definition) is 4. The van der Waals surface area contributed by atoms with Gasteiger partial charge in [0.25, 0.3) is 0 Å². The molecule has 1 saturated heterocycles. The Bertz CT molecular complexity index is 324. The van der Waals surface area contributed by atoms with Crippen LogP contribution in [0.25, 0.3) is 0 Å². The van der Waals surface area contributed by atoms with Gasteiger partial charge in [-0.25, -0.2) is 9.59 Å². The van der Waals surface area contributed by atoms with Gasteiger partial charge >= 0.3 is 12.0 Å². The van der Waals surface area contributed by atoms with Crippen LogP contribution in [0, 0.1) is 0 Å². The molecule has 1 heterocycles. The van der Waals surface area contributed by atoms with Crippen LogP contribution in [0.3, 0.4) is 0 Å². The van der Waals surface area contributed by atoms with E-state index in [1.807, 2.05) is 14.0 Å². The first kappa shape index (κ1) is 15.7. The number of aliphatic carboxylic acids is 1. The van der Waals surface area contributed by atoms with E-state index in [1.54, 1.807) is 4.90 Å². The third-order valence-electron chi connectivity index (χ3n) is 3.41. The molecule has 3 N–H and O–H groups in total. The van der Waals surface area contributed by atoms with E-state index in [0.717, 1.165) is 25.9 Å². The van der Waals surface area contributed by atoms with E-state index in [9.17, 15) is 9.59 Å². The molecule has 110 valence electrons. The van der Waals surface area contributed by atoms with Gasteiger partial charge in [-0.2, -0.15) is 0 Å². The highest BCUT2D eigenvalue weighted by Crippen LogP contribution is 2.12. The molecule has 0 aromatic heterocycles. The number of carbonyl (C=O) groups is 2. The smallest absolute Gasteiger partial charge is 0.328 e. The average Bonchev–Trinajstić information content (AvgIpc) is 2.56. The number of rotatable bonds is 4. The maximum atomic E-state index is 12.1. The van der Waals surface area contributed by atoms with Crippen LogP contribution in [0.1, 0.15) is 19.8 Å². The Hall–Kier alpha value is -1.34. The van der Waals surface area contributed by atoms with Crippen LogP contribution in [0.5, 0.6) is 0 Å². The van der Waals surface area contributed by atoms with Crippen molar-refractivity contribution in [2.45, 2.75) is 31.8 Å². The van der Waals surface area contributed by atoms with Gasteiger partial charge in [-0.1, -0.05) is 6.92 Å². The fraction of sp³-hybridized carbons (Fsp3) is 0.833. The lowest BCUT2D eigenvalue weighted by Gasteiger charge is -2.31. The largest absolute Gasteiger partial charge is 0.480 e. The van der Waals surface area contributed by atoms with E-state index in [0.29, 0.717) is 6.54 Å². The molecule has 7 heteroatoms. The van der Waals surface area contributed by atoms with Gasteiger partial charge in [0.15, 0.2) is 6.04 Å². The predicted octanol–water partition coefficient (Wildman–Crippen LogP) is -0.442. The van der Waals surface area contributed by atoms with Gasteiger partial charge in [-0.15, -0.1) is 0 Å². The Morgan fingerprint density at radius 1 is 1.42 bits per heavy atom. The van der Waals surface area contributed by atoms with E-state index < -0.39 is 24.6 Å². The van der Waals surface area contributed by atoms with Gasteiger partial charge < -0.3 is 25.3 Å². The minimum absolute atomic E-state index is 0.0700. The second-order valence-electron chi connectivity index (χ2n) is 4.89. The molecule has 0 bridgehead atoms. The maximum absolute atomic E-state index is 12.1. The molecule has 0 aliphatic carbocycles. The van der Waals surface area contributed by atoms with Crippen molar-refractivity contribution in [2.24, 2.45) is 0 Å². The lowest BCUT2D eigenvalue weighted by molar-refractivity contribution is -0.140. The van der Waals surface area contributed by atoms with E-state index in [1.165, 1.54) is 0 Å². The summed E-state index contributed by atoms with van der Waals surface area (Å²) in [5.41, 5.74) is 0. The van der Waals surface area contributed by atoms with E-state index in [2.05, 4.69) is 10.2 Å². The first-order chi connectivity index (χ1) is 8.99. The Kier molecular flexibility index (Phi) is 6.04. The SMILES string of the molecule is CCC1CN(C)CCCN1C(=O)NC(CO)C(=O)O. The van der Waals surface area contributed by atoms with Crippen molar-refractivity contribution in [1.29, 1.82) is 0 Å². The van der Waals surface area contributed by atoms with Crippen LogP contribution in [-0.2, 0) is 4.79 Å². The van der Waals surface area contributed by atoms with E-state index in [-0.39, 0.29) is 6.04 Å². The zero-order valence-electron chi connectivity index (χ0n) is 11.5. The molecule has 0 aromatic rings. The molecule has 0 saturated carbocycles. The van der Waals surface area contributed by atoms with Crippen LogP contribution in [0.15, 0.2) is 0 Å². The number of amides is 2. The van der Waals surface area contributed by atoms with Crippen LogP contribution in [0.4, 0.5) is 4.79 Å². The highest BCUT2D eigenvalue weighted by atomic mass is 16.4. The molecule has 1 aliphatic heterocycles. The van der Waals surface area contributed by atoms with Crippen LogP contribution < -0.4 is 5.32 Å². The molecule has 0 radical (unpaired) electrons. The number of nitrogens with zero attached hydrogens (tertiary/aromatic N) is 2. The third-order valence-corrected chi connectivity index (χ3v) is 3.41. The standard InChI is InChI=1S/C12H23N3O4/c1-3-9-7-14(2)5-4-6-15(9)12(19)13-10(8-16)11(17)18/h9-10,16H,3-8H2,1-2H3,(H,13,19)(H,17,18). The summed E-state index contributed by atoms with van der Waals surface area (Å²) >= 11 is 0. The average molecular weight is 273 g/mol. The predicted molar refractivity (Wildman–Crippen MR) is 69.9 cm³/mol. The number of aliphatic hydroxyl groups is 1. The van der Waals surface area contributed by atoms with Crippen LogP contribution in [0.2, 0.25) is 0 Å². The summed E-state index contributed by atoms with van der Waals surface area (Å²) in [4.78, 5) is 26.8. The zero-order valence-corrected chi connectivity index (χ0v) is 11.5.